The zero-order valence-corrected chi connectivity index (χ0v) is 15.8. The van der Waals surface area contributed by atoms with E-state index in [0.717, 1.165) is 0 Å². The van der Waals surface area contributed by atoms with E-state index in [9.17, 15) is 19.2 Å². The Bertz CT molecular complexity index is 551. The van der Waals surface area contributed by atoms with Gasteiger partial charge in [-0.15, -0.1) is 0 Å². The van der Waals surface area contributed by atoms with Crippen molar-refractivity contribution in [1.29, 1.82) is 0 Å². The van der Waals surface area contributed by atoms with Crippen molar-refractivity contribution < 1.29 is 24.3 Å². The molecule has 0 aliphatic carbocycles. The van der Waals surface area contributed by atoms with Crippen LogP contribution in [-0.2, 0) is 19.2 Å². The largest absolute Gasteiger partial charge is 0.480 e. The average Bonchev–Trinajstić information content (AvgIpc) is 3.07. The van der Waals surface area contributed by atoms with Crippen molar-refractivity contribution in [3.8, 4) is 0 Å². The van der Waals surface area contributed by atoms with Crippen molar-refractivity contribution in [1.82, 2.24) is 15.5 Å². The molecular formula is C17H30N4O5. The maximum atomic E-state index is 12.7. The van der Waals surface area contributed by atoms with Gasteiger partial charge in [0.2, 0.25) is 17.7 Å². The predicted octanol–water partition coefficient (Wildman–Crippen LogP) is -0.555. The number of amides is 3. The summed E-state index contributed by atoms with van der Waals surface area (Å²) in [5.74, 6) is -2.62. The van der Waals surface area contributed by atoms with E-state index in [-0.39, 0.29) is 11.8 Å². The highest BCUT2D eigenvalue weighted by Gasteiger charge is 2.37. The van der Waals surface area contributed by atoms with Crippen LogP contribution < -0.4 is 16.4 Å². The van der Waals surface area contributed by atoms with Gasteiger partial charge in [-0.2, -0.15) is 0 Å². The van der Waals surface area contributed by atoms with Gasteiger partial charge in [0.15, 0.2) is 0 Å². The molecule has 3 amide bonds. The number of nitrogens with one attached hydrogen (secondary N) is 2. The van der Waals surface area contributed by atoms with Gasteiger partial charge in [-0.25, -0.2) is 0 Å². The molecule has 0 radical (unpaired) electrons. The van der Waals surface area contributed by atoms with Gasteiger partial charge in [0, 0.05) is 6.54 Å². The van der Waals surface area contributed by atoms with Crippen molar-refractivity contribution in [3.05, 3.63) is 0 Å². The predicted molar refractivity (Wildman–Crippen MR) is 95.0 cm³/mol. The molecule has 0 spiro atoms. The number of hydrogen-bond acceptors (Lipinski definition) is 5. The fourth-order valence-electron chi connectivity index (χ4n) is 2.88. The van der Waals surface area contributed by atoms with E-state index < -0.39 is 42.0 Å². The number of hydrogen-bond donors (Lipinski definition) is 4. The third kappa shape index (κ3) is 5.42. The molecular weight excluding hydrogens is 340 g/mol. The summed E-state index contributed by atoms with van der Waals surface area (Å²) in [6, 6.07) is -3.30. The lowest BCUT2D eigenvalue weighted by molar-refractivity contribution is -0.143. The van der Waals surface area contributed by atoms with Crippen LogP contribution in [0, 0.1) is 5.92 Å². The zero-order valence-electron chi connectivity index (χ0n) is 15.8. The number of carboxylic acids is 1. The maximum Gasteiger partial charge on any atom is 0.325 e. The molecule has 26 heavy (non-hydrogen) atoms. The smallest absolute Gasteiger partial charge is 0.325 e. The Labute approximate surface area is 153 Å². The van der Waals surface area contributed by atoms with E-state index >= 15 is 0 Å². The molecule has 9 heteroatoms. The molecule has 1 heterocycles. The summed E-state index contributed by atoms with van der Waals surface area (Å²) < 4.78 is 0. The zero-order chi connectivity index (χ0) is 20.0. The van der Waals surface area contributed by atoms with Crippen molar-refractivity contribution in [2.24, 2.45) is 11.7 Å². The molecule has 1 aliphatic heterocycles. The van der Waals surface area contributed by atoms with E-state index in [0.29, 0.717) is 25.8 Å². The van der Waals surface area contributed by atoms with Crippen molar-refractivity contribution in [2.45, 2.75) is 71.1 Å². The second-order valence-electron chi connectivity index (χ2n) is 6.92. The number of carboxylic acid groups (broad SMARTS) is 1. The van der Waals surface area contributed by atoms with Gasteiger partial charge in [0.1, 0.15) is 18.1 Å². The molecule has 9 nitrogen and oxygen atoms in total. The van der Waals surface area contributed by atoms with Crippen LogP contribution >= 0.6 is 0 Å². The van der Waals surface area contributed by atoms with Gasteiger partial charge < -0.3 is 26.4 Å². The Balaban J connectivity index is 2.87. The molecule has 0 saturated carbocycles. The Morgan fingerprint density at radius 1 is 1.19 bits per heavy atom. The van der Waals surface area contributed by atoms with Crippen LogP contribution in [0.4, 0.5) is 0 Å². The van der Waals surface area contributed by atoms with Crippen LogP contribution in [0.5, 0.6) is 0 Å². The van der Waals surface area contributed by atoms with Crippen molar-refractivity contribution in [3.63, 3.8) is 0 Å². The number of carbonyl (C=O) groups excluding carboxylic acids is 3. The molecule has 5 atom stereocenters. The molecule has 5 N–H and O–H groups in total. The second kappa shape index (κ2) is 9.51. The molecule has 0 aromatic heterocycles. The lowest BCUT2D eigenvalue weighted by Crippen LogP contribution is -2.57. The van der Waals surface area contributed by atoms with Crippen LogP contribution in [0.1, 0.15) is 47.0 Å². The number of nitrogens with zero attached hydrogens (tertiary/aromatic N) is 1. The Kier molecular flexibility index (Phi) is 8.01. The van der Waals surface area contributed by atoms with Crippen LogP contribution in [0.15, 0.2) is 0 Å². The van der Waals surface area contributed by atoms with Gasteiger partial charge in [0.05, 0.1) is 6.04 Å². The van der Waals surface area contributed by atoms with E-state index in [1.54, 1.807) is 13.8 Å². The lowest BCUT2D eigenvalue weighted by atomic mass is 9.97. The number of carbonyl (C=O) groups is 4. The molecule has 0 bridgehead atoms. The van der Waals surface area contributed by atoms with Crippen LogP contribution in [0.2, 0.25) is 0 Å². The normalized spacial score (nSPS) is 21.4. The van der Waals surface area contributed by atoms with Crippen molar-refractivity contribution in [2.75, 3.05) is 6.54 Å². The number of nitrogens with two attached hydrogens (primary N) is 1. The summed E-state index contributed by atoms with van der Waals surface area (Å²) in [6.45, 7) is 7.05. The summed E-state index contributed by atoms with van der Waals surface area (Å²) in [6.07, 6.45) is 1.81. The summed E-state index contributed by atoms with van der Waals surface area (Å²) in [5.41, 5.74) is 5.64. The van der Waals surface area contributed by atoms with E-state index in [4.69, 9.17) is 10.8 Å². The van der Waals surface area contributed by atoms with Crippen molar-refractivity contribution >= 4 is 23.7 Å². The fourth-order valence-corrected chi connectivity index (χ4v) is 2.88. The fraction of sp³-hybridized carbons (Fsp3) is 0.765. The number of likely N-dealkylation sites (tertiary alicyclic amines) is 1. The van der Waals surface area contributed by atoms with E-state index in [1.807, 2.05) is 6.92 Å². The quantitative estimate of drug-likeness (QED) is 0.451. The van der Waals surface area contributed by atoms with Crippen LogP contribution in [0.25, 0.3) is 0 Å². The van der Waals surface area contributed by atoms with Gasteiger partial charge in [-0.3, -0.25) is 19.2 Å². The average molecular weight is 370 g/mol. The minimum absolute atomic E-state index is 0.195. The van der Waals surface area contributed by atoms with Crippen LogP contribution in [0.3, 0.4) is 0 Å². The molecule has 0 aromatic rings. The van der Waals surface area contributed by atoms with Gasteiger partial charge >= 0.3 is 5.97 Å². The third-order valence-corrected chi connectivity index (χ3v) is 4.75. The lowest BCUT2D eigenvalue weighted by Gasteiger charge is -2.29. The minimum Gasteiger partial charge on any atom is -0.480 e. The topological polar surface area (TPSA) is 142 Å². The monoisotopic (exact) mass is 370 g/mol. The summed E-state index contributed by atoms with van der Waals surface area (Å²) >= 11 is 0. The molecule has 5 unspecified atom stereocenters. The second-order valence-corrected chi connectivity index (χ2v) is 6.92. The van der Waals surface area contributed by atoms with Gasteiger partial charge in [-0.1, -0.05) is 20.3 Å². The highest BCUT2D eigenvalue weighted by molar-refractivity contribution is 5.94. The van der Waals surface area contributed by atoms with Gasteiger partial charge in [0.25, 0.3) is 0 Å². The van der Waals surface area contributed by atoms with E-state index in [2.05, 4.69) is 10.6 Å². The highest BCUT2D eigenvalue weighted by Crippen LogP contribution is 2.19. The Hall–Kier alpha value is -2.16. The van der Waals surface area contributed by atoms with E-state index in [1.165, 1.54) is 11.8 Å². The number of aliphatic carboxylic acids is 1. The SMILES string of the molecule is CCC(C)C(NC(=O)C1CCCN1C(=O)C(C)N)C(=O)NC(C)C(=O)O. The van der Waals surface area contributed by atoms with Gasteiger partial charge in [-0.05, 0) is 32.6 Å². The minimum atomic E-state index is -1.16. The Morgan fingerprint density at radius 2 is 1.81 bits per heavy atom. The first-order chi connectivity index (χ1) is 12.1. The third-order valence-electron chi connectivity index (χ3n) is 4.75. The maximum absolute atomic E-state index is 12.7. The molecule has 1 rings (SSSR count). The first-order valence-corrected chi connectivity index (χ1v) is 8.99. The molecule has 0 aromatic carbocycles. The molecule has 1 aliphatic rings. The molecule has 1 fully saturated rings. The highest BCUT2D eigenvalue weighted by atomic mass is 16.4. The summed E-state index contributed by atoms with van der Waals surface area (Å²) in [4.78, 5) is 49.7. The number of rotatable bonds is 8. The molecule has 148 valence electrons. The first kappa shape index (κ1) is 21.9. The Morgan fingerprint density at radius 3 is 2.31 bits per heavy atom. The molecule has 1 saturated heterocycles. The standard InChI is InChI=1S/C17H30N4O5/c1-5-9(2)13(15(23)19-11(4)17(25)26)20-14(22)12-7-6-8-21(12)16(24)10(3)18/h9-13H,5-8,18H2,1-4H3,(H,19,23)(H,20,22)(H,25,26). The summed E-state index contributed by atoms with van der Waals surface area (Å²) in [7, 11) is 0. The van der Waals surface area contributed by atoms with Crippen LogP contribution in [-0.4, -0.2) is 64.4 Å². The first-order valence-electron chi connectivity index (χ1n) is 8.99. The summed E-state index contributed by atoms with van der Waals surface area (Å²) in [5, 5.41) is 14.0.